The lowest BCUT2D eigenvalue weighted by molar-refractivity contribution is -0.126. The number of likely N-dealkylation sites (tertiary alicyclic amines) is 1. The number of hydrogen-bond donors (Lipinski definition) is 3. The molecule has 0 radical (unpaired) electrons. The summed E-state index contributed by atoms with van der Waals surface area (Å²) in [4.78, 5) is 25.5. The van der Waals surface area contributed by atoms with E-state index >= 15 is 0 Å². The molecular formula is C13H24N4O2. The van der Waals surface area contributed by atoms with Crippen LogP contribution >= 0.6 is 0 Å². The predicted octanol–water partition coefficient (Wildman–Crippen LogP) is -0.0940. The van der Waals surface area contributed by atoms with Gasteiger partial charge in [0.15, 0.2) is 0 Å². The topological polar surface area (TPSA) is 73.5 Å². The number of rotatable bonds is 3. The Morgan fingerprint density at radius 1 is 1.37 bits per heavy atom. The van der Waals surface area contributed by atoms with E-state index in [-0.39, 0.29) is 23.9 Å². The minimum Gasteiger partial charge on any atom is -0.351 e. The number of hydrogen-bond acceptors (Lipinski definition) is 3. The lowest BCUT2D eigenvalue weighted by Crippen LogP contribution is -2.46. The minimum absolute atomic E-state index is 0.0291. The van der Waals surface area contributed by atoms with Crippen molar-refractivity contribution in [1.82, 2.24) is 20.9 Å². The van der Waals surface area contributed by atoms with Gasteiger partial charge in [0.25, 0.3) is 0 Å². The van der Waals surface area contributed by atoms with E-state index in [1.807, 2.05) is 6.92 Å². The maximum atomic E-state index is 12.1. The van der Waals surface area contributed by atoms with Gasteiger partial charge in [-0.1, -0.05) is 0 Å². The summed E-state index contributed by atoms with van der Waals surface area (Å²) >= 11 is 0. The molecule has 2 atom stereocenters. The Morgan fingerprint density at radius 3 is 2.89 bits per heavy atom. The van der Waals surface area contributed by atoms with E-state index in [1.54, 1.807) is 4.90 Å². The summed E-state index contributed by atoms with van der Waals surface area (Å²) in [6.45, 7) is 5.68. The van der Waals surface area contributed by atoms with Gasteiger partial charge in [-0.05, 0) is 32.7 Å². The first kappa shape index (κ1) is 14.1. The van der Waals surface area contributed by atoms with Gasteiger partial charge < -0.3 is 20.9 Å². The fraction of sp³-hybridized carbons (Fsp3) is 0.846. The van der Waals surface area contributed by atoms with Crippen LogP contribution in [0.1, 0.15) is 26.2 Å². The van der Waals surface area contributed by atoms with Crippen LogP contribution in [0.2, 0.25) is 0 Å². The maximum absolute atomic E-state index is 12.1. The predicted molar refractivity (Wildman–Crippen MR) is 72.8 cm³/mol. The lowest BCUT2D eigenvalue weighted by Gasteiger charge is -2.24. The van der Waals surface area contributed by atoms with Gasteiger partial charge in [0.05, 0.1) is 5.92 Å². The van der Waals surface area contributed by atoms with Crippen LogP contribution in [0.25, 0.3) is 0 Å². The normalized spacial score (nSPS) is 27.1. The van der Waals surface area contributed by atoms with Crippen molar-refractivity contribution >= 4 is 11.9 Å². The molecule has 0 aliphatic carbocycles. The Balaban J connectivity index is 1.75. The third kappa shape index (κ3) is 3.83. The standard InChI is InChI=1S/C13H24N4O2/c1-2-15-13(19)17-7-5-11(9-17)16-12(18)10-4-3-6-14-8-10/h10-11,14H,2-9H2,1H3,(H,15,19)(H,16,18). The lowest BCUT2D eigenvalue weighted by atomic mass is 9.98. The second-order valence-corrected chi connectivity index (χ2v) is 5.32. The number of carbonyl (C=O) groups is 2. The molecule has 2 aliphatic rings. The molecule has 2 heterocycles. The molecule has 19 heavy (non-hydrogen) atoms. The quantitative estimate of drug-likeness (QED) is 0.669. The Kier molecular flexibility index (Phi) is 5.01. The zero-order valence-corrected chi connectivity index (χ0v) is 11.6. The van der Waals surface area contributed by atoms with Crippen LogP contribution in [0, 0.1) is 5.92 Å². The fourth-order valence-electron chi connectivity index (χ4n) is 2.72. The molecule has 0 aromatic heterocycles. The summed E-state index contributed by atoms with van der Waals surface area (Å²) in [6.07, 6.45) is 2.88. The van der Waals surface area contributed by atoms with Crippen LogP contribution < -0.4 is 16.0 Å². The van der Waals surface area contributed by atoms with Crippen molar-refractivity contribution in [3.05, 3.63) is 0 Å². The second-order valence-electron chi connectivity index (χ2n) is 5.32. The Hall–Kier alpha value is -1.30. The second kappa shape index (κ2) is 6.75. The van der Waals surface area contributed by atoms with Crippen LogP contribution in [0.3, 0.4) is 0 Å². The first-order valence-corrected chi connectivity index (χ1v) is 7.24. The molecule has 2 rings (SSSR count). The van der Waals surface area contributed by atoms with Crippen LogP contribution in [0.5, 0.6) is 0 Å². The van der Waals surface area contributed by atoms with Crippen molar-refractivity contribution in [1.29, 1.82) is 0 Å². The van der Waals surface area contributed by atoms with Crippen LogP contribution in [0.4, 0.5) is 4.79 Å². The molecule has 2 aliphatic heterocycles. The van der Waals surface area contributed by atoms with E-state index in [0.717, 1.165) is 38.9 Å². The molecule has 0 spiro atoms. The number of piperidine rings is 1. The van der Waals surface area contributed by atoms with Crippen LogP contribution in [-0.2, 0) is 4.79 Å². The van der Waals surface area contributed by atoms with Crippen molar-refractivity contribution < 1.29 is 9.59 Å². The van der Waals surface area contributed by atoms with Gasteiger partial charge >= 0.3 is 6.03 Å². The average Bonchev–Trinajstić information content (AvgIpc) is 2.88. The summed E-state index contributed by atoms with van der Waals surface area (Å²) in [5.74, 6) is 0.224. The molecule has 108 valence electrons. The smallest absolute Gasteiger partial charge is 0.317 e. The molecule has 2 fully saturated rings. The summed E-state index contributed by atoms with van der Waals surface area (Å²) in [5, 5.41) is 9.11. The Morgan fingerprint density at radius 2 is 2.21 bits per heavy atom. The number of amides is 3. The SMILES string of the molecule is CCNC(=O)N1CCC(NC(=O)C2CCCNC2)C1. The van der Waals surface area contributed by atoms with Crippen molar-refractivity contribution in [2.24, 2.45) is 5.92 Å². The number of nitrogens with zero attached hydrogens (tertiary/aromatic N) is 1. The van der Waals surface area contributed by atoms with E-state index in [0.29, 0.717) is 13.1 Å². The van der Waals surface area contributed by atoms with Gasteiger partial charge in [0, 0.05) is 32.2 Å². The van der Waals surface area contributed by atoms with Gasteiger partial charge in [-0.15, -0.1) is 0 Å². The molecule has 6 heteroatoms. The molecule has 2 unspecified atom stereocenters. The minimum atomic E-state index is -0.0291. The highest BCUT2D eigenvalue weighted by Gasteiger charge is 2.29. The molecule has 0 bridgehead atoms. The molecule has 0 aromatic rings. The van der Waals surface area contributed by atoms with Gasteiger partial charge in [-0.3, -0.25) is 4.79 Å². The van der Waals surface area contributed by atoms with Gasteiger partial charge in [0.2, 0.25) is 5.91 Å². The molecule has 6 nitrogen and oxygen atoms in total. The van der Waals surface area contributed by atoms with E-state index in [1.165, 1.54) is 0 Å². The summed E-state index contributed by atoms with van der Waals surface area (Å²) in [7, 11) is 0. The summed E-state index contributed by atoms with van der Waals surface area (Å²) in [6, 6.07) is 0.0793. The van der Waals surface area contributed by atoms with Crippen molar-refractivity contribution in [3.63, 3.8) is 0 Å². The van der Waals surface area contributed by atoms with Crippen molar-refractivity contribution in [2.75, 3.05) is 32.7 Å². The van der Waals surface area contributed by atoms with E-state index in [9.17, 15) is 9.59 Å². The first-order valence-electron chi connectivity index (χ1n) is 7.24. The number of urea groups is 1. The number of nitrogens with one attached hydrogen (secondary N) is 3. The highest BCUT2D eigenvalue weighted by atomic mass is 16.2. The van der Waals surface area contributed by atoms with Gasteiger partial charge in [0.1, 0.15) is 0 Å². The highest BCUT2D eigenvalue weighted by Crippen LogP contribution is 2.13. The number of carbonyl (C=O) groups excluding carboxylic acids is 2. The Labute approximate surface area is 114 Å². The Bertz CT molecular complexity index is 329. The monoisotopic (exact) mass is 268 g/mol. The molecule has 3 N–H and O–H groups in total. The summed E-state index contributed by atoms with van der Waals surface area (Å²) in [5.41, 5.74) is 0. The van der Waals surface area contributed by atoms with E-state index < -0.39 is 0 Å². The van der Waals surface area contributed by atoms with Gasteiger partial charge in [-0.2, -0.15) is 0 Å². The molecule has 3 amide bonds. The summed E-state index contributed by atoms with van der Waals surface area (Å²) < 4.78 is 0. The zero-order valence-electron chi connectivity index (χ0n) is 11.6. The maximum Gasteiger partial charge on any atom is 0.317 e. The first-order chi connectivity index (χ1) is 9.20. The molecular weight excluding hydrogens is 244 g/mol. The third-order valence-electron chi connectivity index (χ3n) is 3.82. The van der Waals surface area contributed by atoms with Crippen molar-refractivity contribution in [3.8, 4) is 0 Å². The highest BCUT2D eigenvalue weighted by molar-refractivity contribution is 5.79. The zero-order chi connectivity index (χ0) is 13.7. The van der Waals surface area contributed by atoms with E-state index in [4.69, 9.17) is 0 Å². The van der Waals surface area contributed by atoms with Crippen molar-refractivity contribution in [2.45, 2.75) is 32.2 Å². The molecule has 0 aromatic carbocycles. The molecule has 0 saturated carbocycles. The third-order valence-corrected chi connectivity index (χ3v) is 3.82. The van der Waals surface area contributed by atoms with Crippen LogP contribution in [-0.4, -0.2) is 55.6 Å². The average molecular weight is 268 g/mol. The van der Waals surface area contributed by atoms with E-state index in [2.05, 4.69) is 16.0 Å². The largest absolute Gasteiger partial charge is 0.351 e. The fourth-order valence-corrected chi connectivity index (χ4v) is 2.72. The molecule has 2 saturated heterocycles. The van der Waals surface area contributed by atoms with Crippen LogP contribution in [0.15, 0.2) is 0 Å². The van der Waals surface area contributed by atoms with Gasteiger partial charge in [-0.25, -0.2) is 4.79 Å².